The van der Waals surface area contributed by atoms with Gasteiger partial charge in [-0.25, -0.2) is 0 Å². The van der Waals surface area contributed by atoms with Gasteiger partial charge in [0.05, 0.1) is 6.00 Å². The lowest BCUT2D eigenvalue weighted by molar-refractivity contribution is -0.139. The minimum atomic E-state index is -0.834. The molecule has 0 aromatic heterocycles. The maximum Gasteiger partial charge on any atom is 0.320 e. The van der Waals surface area contributed by atoms with Crippen LogP contribution in [-0.4, -0.2) is 23.1 Å². The minimum absolute atomic E-state index is 0.184. The van der Waals surface area contributed by atoms with Gasteiger partial charge in [0.1, 0.15) is 6.04 Å². The third-order valence-corrected chi connectivity index (χ3v) is 1.48. The summed E-state index contributed by atoms with van der Waals surface area (Å²) in [6.07, 6.45) is 0.613. The molecule has 3 nitrogen and oxygen atoms in total. The molecule has 0 unspecified atom stereocenters. The first kappa shape index (κ1) is 10.7. The number of aliphatic carboxylic acids is 1. The smallest absolute Gasteiger partial charge is 0.320 e. The molecule has 0 rings (SSSR count). The third kappa shape index (κ3) is 5.04. The van der Waals surface area contributed by atoms with Crippen LogP contribution in [0, 0.1) is 5.92 Å². The van der Waals surface area contributed by atoms with Crippen molar-refractivity contribution in [3.8, 4) is 0 Å². The molecule has 0 aliphatic rings. The molecule has 1 atom stereocenters. The number of nitrogens with one attached hydrogen (secondary N) is 1. The quantitative estimate of drug-likeness (QED) is 0.494. The van der Waals surface area contributed by atoms with Gasteiger partial charge in [0.15, 0.2) is 0 Å². The number of hydrogen-bond donors (Lipinski definition) is 2. The molecule has 0 amide bonds. The van der Waals surface area contributed by atoms with Crippen LogP contribution >= 0.6 is 11.6 Å². The van der Waals surface area contributed by atoms with Crippen molar-refractivity contribution in [2.24, 2.45) is 5.92 Å². The molecule has 2 N–H and O–H groups in total. The summed E-state index contributed by atoms with van der Waals surface area (Å²) in [5.74, 6) is -0.467. The molecule has 0 saturated heterocycles. The van der Waals surface area contributed by atoms with Crippen molar-refractivity contribution >= 4 is 17.6 Å². The van der Waals surface area contributed by atoms with Crippen molar-refractivity contribution in [2.45, 2.75) is 26.3 Å². The lowest BCUT2D eigenvalue weighted by Gasteiger charge is -2.13. The first-order valence-corrected chi connectivity index (χ1v) is 4.13. The summed E-state index contributed by atoms with van der Waals surface area (Å²) in [6, 6.07) is -0.323. The molecular weight excluding hydrogens is 166 g/mol. The van der Waals surface area contributed by atoms with Crippen LogP contribution in [0.5, 0.6) is 0 Å². The number of rotatable bonds is 5. The lowest BCUT2D eigenvalue weighted by Crippen LogP contribution is -2.36. The zero-order valence-electron chi connectivity index (χ0n) is 6.80. The Labute approximate surface area is 71.7 Å². The van der Waals surface area contributed by atoms with E-state index in [1.54, 1.807) is 0 Å². The SMILES string of the molecule is CC(C)C[C@H](NCCl)C(=O)O. The second kappa shape index (κ2) is 5.38. The standard InChI is InChI=1S/C7H14ClNO2/c1-5(2)3-6(7(10)11)9-4-8/h5-6,9H,3-4H2,1-2H3,(H,10,11)/t6-/m0/s1. The van der Waals surface area contributed by atoms with Crippen LogP contribution in [0.2, 0.25) is 0 Å². The van der Waals surface area contributed by atoms with Crippen LogP contribution in [0.3, 0.4) is 0 Å². The highest BCUT2D eigenvalue weighted by molar-refractivity contribution is 6.17. The molecule has 0 bridgehead atoms. The maximum absolute atomic E-state index is 10.5. The predicted molar refractivity (Wildman–Crippen MR) is 44.7 cm³/mol. The van der Waals surface area contributed by atoms with E-state index >= 15 is 0 Å². The molecule has 11 heavy (non-hydrogen) atoms. The van der Waals surface area contributed by atoms with Crippen molar-refractivity contribution in [3.05, 3.63) is 0 Å². The summed E-state index contributed by atoms with van der Waals surface area (Å²) in [6.45, 7) is 3.96. The second-order valence-electron chi connectivity index (χ2n) is 2.86. The van der Waals surface area contributed by atoms with Crippen LogP contribution in [0.15, 0.2) is 0 Å². The first-order valence-electron chi connectivity index (χ1n) is 3.60. The van der Waals surface area contributed by atoms with Gasteiger partial charge in [-0.1, -0.05) is 13.8 Å². The topological polar surface area (TPSA) is 49.3 Å². The number of alkyl halides is 1. The summed E-state index contributed by atoms with van der Waals surface area (Å²) in [7, 11) is 0. The number of hydrogen-bond acceptors (Lipinski definition) is 2. The van der Waals surface area contributed by atoms with Crippen molar-refractivity contribution in [1.82, 2.24) is 5.32 Å². The lowest BCUT2D eigenvalue weighted by atomic mass is 10.0. The molecule has 0 radical (unpaired) electrons. The van der Waals surface area contributed by atoms with E-state index in [0.717, 1.165) is 0 Å². The maximum atomic E-state index is 10.5. The number of carboxylic acids is 1. The molecule has 0 aromatic rings. The Kier molecular flexibility index (Phi) is 5.24. The molecular formula is C7H14ClNO2. The summed E-state index contributed by atoms with van der Waals surface area (Å²) in [4.78, 5) is 10.5. The van der Waals surface area contributed by atoms with Crippen LogP contribution < -0.4 is 5.32 Å². The van der Waals surface area contributed by atoms with Crippen LogP contribution in [0.4, 0.5) is 0 Å². The Morgan fingerprint density at radius 3 is 2.45 bits per heavy atom. The molecule has 66 valence electrons. The third-order valence-electron chi connectivity index (χ3n) is 1.33. The largest absolute Gasteiger partial charge is 0.480 e. The second-order valence-corrected chi connectivity index (χ2v) is 3.13. The monoisotopic (exact) mass is 179 g/mol. The van der Waals surface area contributed by atoms with Crippen LogP contribution in [0.25, 0.3) is 0 Å². The Morgan fingerprint density at radius 1 is 1.64 bits per heavy atom. The van der Waals surface area contributed by atoms with Crippen LogP contribution in [0.1, 0.15) is 20.3 Å². The zero-order chi connectivity index (χ0) is 8.85. The predicted octanol–water partition coefficient (Wildman–Crippen LogP) is 1.27. The zero-order valence-corrected chi connectivity index (χ0v) is 7.56. The average molecular weight is 180 g/mol. The number of carboxylic acid groups (broad SMARTS) is 1. The fourth-order valence-corrected chi connectivity index (χ4v) is 1.02. The molecule has 0 aliphatic carbocycles. The summed E-state index contributed by atoms with van der Waals surface area (Å²) in [5, 5.41) is 11.3. The van der Waals surface area contributed by atoms with Gasteiger partial charge in [0.25, 0.3) is 0 Å². The molecule has 0 heterocycles. The summed E-state index contributed by atoms with van der Waals surface area (Å²) in [5.41, 5.74) is 0. The summed E-state index contributed by atoms with van der Waals surface area (Å²) >= 11 is 5.35. The molecule has 0 fully saturated rings. The van der Waals surface area contributed by atoms with E-state index in [0.29, 0.717) is 12.3 Å². The fraction of sp³-hybridized carbons (Fsp3) is 0.857. The Hall–Kier alpha value is -0.280. The van der Waals surface area contributed by atoms with Crippen molar-refractivity contribution < 1.29 is 9.90 Å². The first-order chi connectivity index (χ1) is 5.07. The van der Waals surface area contributed by atoms with E-state index in [1.807, 2.05) is 13.8 Å². The van der Waals surface area contributed by atoms with E-state index in [4.69, 9.17) is 16.7 Å². The molecule has 4 heteroatoms. The van der Waals surface area contributed by atoms with E-state index in [1.165, 1.54) is 0 Å². The Balaban J connectivity index is 3.79. The molecule has 0 aliphatic heterocycles. The van der Waals surface area contributed by atoms with Crippen LogP contribution in [-0.2, 0) is 4.79 Å². The van der Waals surface area contributed by atoms with Gasteiger partial charge in [-0.2, -0.15) is 0 Å². The number of halogens is 1. The number of carbonyl (C=O) groups is 1. The van der Waals surface area contributed by atoms with Gasteiger partial charge >= 0.3 is 5.97 Å². The van der Waals surface area contributed by atoms with E-state index in [-0.39, 0.29) is 6.00 Å². The Morgan fingerprint density at radius 2 is 2.18 bits per heavy atom. The highest BCUT2D eigenvalue weighted by Gasteiger charge is 2.16. The van der Waals surface area contributed by atoms with Gasteiger partial charge in [-0.05, 0) is 12.3 Å². The van der Waals surface area contributed by atoms with Crippen molar-refractivity contribution in [3.63, 3.8) is 0 Å². The van der Waals surface area contributed by atoms with Gasteiger partial charge < -0.3 is 5.11 Å². The summed E-state index contributed by atoms with van der Waals surface area (Å²) < 4.78 is 0. The fourth-order valence-electron chi connectivity index (χ4n) is 0.836. The van der Waals surface area contributed by atoms with Gasteiger partial charge in [0, 0.05) is 0 Å². The Bertz CT molecular complexity index is 128. The average Bonchev–Trinajstić information content (AvgIpc) is 1.86. The minimum Gasteiger partial charge on any atom is -0.480 e. The molecule has 0 saturated carbocycles. The highest BCUT2D eigenvalue weighted by atomic mass is 35.5. The molecule has 0 aromatic carbocycles. The van der Waals surface area contributed by atoms with Gasteiger partial charge in [0.2, 0.25) is 0 Å². The normalized spacial score (nSPS) is 13.5. The van der Waals surface area contributed by atoms with Crippen molar-refractivity contribution in [1.29, 1.82) is 0 Å². The van der Waals surface area contributed by atoms with Gasteiger partial charge in [-0.15, -0.1) is 11.6 Å². The van der Waals surface area contributed by atoms with E-state index in [2.05, 4.69) is 5.32 Å². The van der Waals surface area contributed by atoms with E-state index < -0.39 is 12.0 Å². The highest BCUT2D eigenvalue weighted by Crippen LogP contribution is 2.04. The van der Waals surface area contributed by atoms with E-state index in [9.17, 15) is 4.79 Å². The van der Waals surface area contributed by atoms with Crippen molar-refractivity contribution in [2.75, 3.05) is 6.00 Å². The van der Waals surface area contributed by atoms with Gasteiger partial charge in [-0.3, -0.25) is 10.1 Å². The molecule has 0 spiro atoms.